The lowest BCUT2D eigenvalue weighted by Crippen LogP contribution is -2.39. The standard InChI is InChI=1S/C29H33N5O2/c1-3-33-28-27(21(2)31-34(28)24-12-8-5-9-13-24)30-25(29(33)36)14-15-26(35)32-18-16-23(17-19-32)20-22-10-6-4-7-11-22/h4-13,23H,3,14-20H2,1-2H3. The van der Waals surface area contributed by atoms with Crippen LogP contribution < -0.4 is 5.56 Å². The van der Waals surface area contributed by atoms with Crippen molar-refractivity contribution < 1.29 is 4.79 Å². The molecule has 3 heterocycles. The van der Waals surface area contributed by atoms with Gasteiger partial charge in [0, 0.05) is 32.5 Å². The molecule has 5 rings (SSSR count). The van der Waals surface area contributed by atoms with Gasteiger partial charge >= 0.3 is 0 Å². The fourth-order valence-electron chi connectivity index (χ4n) is 5.24. The van der Waals surface area contributed by atoms with Crippen LogP contribution in [0.4, 0.5) is 0 Å². The van der Waals surface area contributed by atoms with Crippen molar-refractivity contribution in [1.82, 2.24) is 24.2 Å². The van der Waals surface area contributed by atoms with Gasteiger partial charge in [-0.3, -0.25) is 14.2 Å². The smallest absolute Gasteiger partial charge is 0.273 e. The Balaban J connectivity index is 1.28. The number of likely N-dealkylation sites (tertiary alicyclic amines) is 1. The van der Waals surface area contributed by atoms with Crippen LogP contribution in [0.2, 0.25) is 0 Å². The maximum absolute atomic E-state index is 13.3. The highest BCUT2D eigenvalue weighted by Crippen LogP contribution is 2.23. The van der Waals surface area contributed by atoms with Crippen LogP contribution >= 0.6 is 0 Å². The summed E-state index contributed by atoms with van der Waals surface area (Å²) >= 11 is 0. The van der Waals surface area contributed by atoms with Crippen LogP contribution in [0.15, 0.2) is 65.5 Å². The minimum atomic E-state index is -0.142. The van der Waals surface area contributed by atoms with Crippen molar-refractivity contribution in [2.75, 3.05) is 13.1 Å². The van der Waals surface area contributed by atoms with Gasteiger partial charge < -0.3 is 4.90 Å². The second kappa shape index (κ2) is 10.5. The average Bonchev–Trinajstić information content (AvgIpc) is 3.24. The summed E-state index contributed by atoms with van der Waals surface area (Å²) in [5.41, 5.74) is 4.72. The van der Waals surface area contributed by atoms with E-state index in [2.05, 4.69) is 29.4 Å². The van der Waals surface area contributed by atoms with E-state index in [1.165, 1.54) is 5.56 Å². The van der Waals surface area contributed by atoms with Crippen molar-refractivity contribution in [2.45, 2.75) is 52.5 Å². The molecule has 0 atom stereocenters. The number of fused-ring (bicyclic) bond motifs is 1. The van der Waals surface area contributed by atoms with Crippen LogP contribution in [0.5, 0.6) is 0 Å². The Morgan fingerprint density at radius 3 is 2.33 bits per heavy atom. The third-order valence-electron chi connectivity index (χ3n) is 7.23. The molecule has 0 aliphatic carbocycles. The lowest BCUT2D eigenvalue weighted by molar-refractivity contribution is -0.132. The summed E-state index contributed by atoms with van der Waals surface area (Å²) in [6.45, 7) is 5.93. The quantitative estimate of drug-likeness (QED) is 0.392. The van der Waals surface area contributed by atoms with Crippen molar-refractivity contribution in [3.05, 3.63) is 88.0 Å². The number of benzene rings is 2. The first-order valence-corrected chi connectivity index (χ1v) is 12.9. The molecule has 1 fully saturated rings. The maximum Gasteiger partial charge on any atom is 0.273 e. The Bertz CT molecular complexity index is 1400. The summed E-state index contributed by atoms with van der Waals surface area (Å²) in [5, 5.41) is 4.68. The normalized spacial score (nSPS) is 14.4. The van der Waals surface area contributed by atoms with Crippen molar-refractivity contribution in [3.8, 4) is 5.69 Å². The zero-order valence-corrected chi connectivity index (χ0v) is 21.1. The summed E-state index contributed by atoms with van der Waals surface area (Å²) < 4.78 is 3.52. The number of hydrogen-bond acceptors (Lipinski definition) is 4. The van der Waals surface area contributed by atoms with E-state index in [9.17, 15) is 9.59 Å². The van der Waals surface area contributed by atoms with Crippen LogP contribution in [0.3, 0.4) is 0 Å². The van der Waals surface area contributed by atoms with E-state index in [1.54, 1.807) is 9.25 Å². The predicted octanol–water partition coefficient (Wildman–Crippen LogP) is 4.32. The second-order valence-corrected chi connectivity index (χ2v) is 9.63. The molecule has 1 aliphatic heterocycles. The number of hydrogen-bond donors (Lipinski definition) is 0. The molecule has 7 heteroatoms. The van der Waals surface area contributed by atoms with E-state index in [0.29, 0.717) is 42.2 Å². The molecule has 0 unspecified atom stereocenters. The third-order valence-corrected chi connectivity index (χ3v) is 7.23. The molecule has 0 bridgehead atoms. The summed E-state index contributed by atoms with van der Waals surface area (Å²) in [4.78, 5) is 33.0. The fourth-order valence-corrected chi connectivity index (χ4v) is 5.24. The van der Waals surface area contributed by atoms with Crippen molar-refractivity contribution in [1.29, 1.82) is 0 Å². The van der Waals surface area contributed by atoms with Gasteiger partial charge in [-0.15, -0.1) is 0 Å². The summed E-state index contributed by atoms with van der Waals surface area (Å²) in [6, 6.07) is 20.3. The molecule has 0 spiro atoms. The largest absolute Gasteiger partial charge is 0.343 e. The zero-order chi connectivity index (χ0) is 25.1. The second-order valence-electron chi connectivity index (χ2n) is 9.63. The highest BCUT2D eigenvalue weighted by Gasteiger charge is 2.24. The van der Waals surface area contributed by atoms with E-state index in [1.807, 2.05) is 55.1 Å². The minimum absolute atomic E-state index is 0.106. The van der Waals surface area contributed by atoms with Crippen molar-refractivity contribution in [2.24, 2.45) is 5.92 Å². The van der Waals surface area contributed by atoms with Crippen LogP contribution in [0, 0.1) is 12.8 Å². The number of carbonyl (C=O) groups excluding carboxylic acids is 1. The monoisotopic (exact) mass is 483 g/mol. The van der Waals surface area contributed by atoms with Gasteiger partial charge in [0.2, 0.25) is 5.91 Å². The first-order chi connectivity index (χ1) is 17.5. The molecule has 2 aromatic carbocycles. The van der Waals surface area contributed by atoms with E-state index in [4.69, 9.17) is 4.98 Å². The van der Waals surface area contributed by atoms with E-state index in [-0.39, 0.29) is 11.5 Å². The zero-order valence-electron chi connectivity index (χ0n) is 21.1. The Morgan fingerprint density at radius 1 is 1.00 bits per heavy atom. The topological polar surface area (TPSA) is 73.0 Å². The summed E-state index contributed by atoms with van der Waals surface area (Å²) in [5.74, 6) is 0.718. The molecule has 0 N–H and O–H groups in total. The molecule has 36 heavy (non-hydrogen) atoms. The van der Waals surface area contributed by atoms with Gasteiger partial charge in [0.15, 0.2) is 5.65 Å². The van der Waals surface area contributed by atoms with Gasteiger partial charge in [0.05, 0.1) is 11.4 Å². The molecule has 186 valence electrons. The highest BCUT2D eigenvalue weighted by molar-refractivity contribution is 5.77. The van der Waals surface area contributed by atoms with Crippen LogP contribution in [0.1, 0.15) is 43.1 Å². The minimum Gasteiger partial charge on any atom is -0.343 e. The molecule has 7 nitrogen and oxygen atoms in total. The number of rotatable bonds is 7. The molecule has 1 aliphatic rings. The number of aromatic nitrogens is 4. The Hall–Kier alpha value is -3.74. The van der Waals surface area contributed by atoms with Crippen LogP contribution in [0.25, 0.3) is 16.9 Å². The number of amides is 1. The predicted molar refractivity (Wildman–Crippen MR) is 141 cm³/mol. The van der Waals surface area contributed by atoms with E-state index in [0.717, 1.165) is 43.7 Å². The third kappa shape index (κ3) is 4.83. The molecular formula is C29H33N5O2. The molecular weight excluding hydrogens is 450 g/mol. The lowest BCUT2D eigenvalue weighted by atomic mass is 9.90. The van der Waals surface area contributed by atoms with Crippen molar-refractivity contribution >= 4 is 17.1 Å². The Labute approximate surface area is 211 Å². The molecule has 4 aromatic rings. The average molecular weight is 484 g/mol. The number of aryl methyl sites for hydroxylation is 3. The Morgan fingerprint density at radius 2 is 1.67 bits per heavy atom. The SMILES string of the molecule is CCn1c(=O)c(CCC(=O)N2CCC(Cc3ccccc3)CC2)nc2c(C)nn(-c3ccccc3)c21. The van der Waals surface area contributed by atoms with E-state index >= 15 is 0 Å². The van der Waals surface area contributed by atoms with Crippen LogP contribution in [-0.2, 0) is 24.2 Å². The number of piperidine rings is 1. The summed E-state index contributed by atoms with van der Waals surface area (Å²) in [7, 11) is 0. The fraction of sp³-hybridized carbons (Fsp3) is 0.379. The first kappa shape index (κ1) is 24.0. The number of carbonyl (C=O) groups is 1. The van der Waals surface area contributed by atoms with Gasteiger partial charge in [0.1, 0.15) is 11.2 Å². The van der Waals surface area contributed by atoms with Gasteiger partial charge in [-0.1, -0.05) is 48.5 Å². The molecule has 2 aromatic heterocycles. The van der Waals surface area contributed by atoms with Gasteiger partial charge in [0.25, 0.3) is 5.56 Å². The maximum atomic E-state index is 13.3. The molecule has 0 saturated carbocycles. The number of nitrogens with zero attached hydrogens (tertiary/aromatic N) is 5. The molecule has 0 radical (unpaired) electrons. The molecule has 1 amide bonds. The van der Waals surface area contributed by atoms with E-state index < -0.39 is 0 Å². The molecule has 1 saturated heterocycles. The van der Waals surface area contributed by atoms with Crippen molar-refractivity contribution in [3.63, 3.8) is 0 Å². The highest BCUT2D eigenvalue weighted by atomic mass is 16.2. The van der Waals surface area contributed by atoms with Gasteiger partial charge in [-0.05, 0) is 56.7 Å². The Kier molecular flexibility index (Phi) is 6.98. The van der Waals surface area contributed by atoms with Gasteiger partial charge in [-0.2, -0.15) is 5.10 Å². The van der Waals surface area contributed by atoms with Gasteiger partial charge in [-0.25, -0.2) is 9.67 Å². The summed E-state index contributed by atoms with van der Waals surface area (Å²) in [6.07, 6.45) is 3.75. The number of para-hydroxylation sites is 1. The van der Waals surface area contributed by atoms with Crippen LogP contribution in [-0.4, -0.2) is 43.2 Å². The first-order valence-electron chi connectivity index (χ1n) is 12.9. The lowest BCUT2D eigenvalue weighted by Gasteiger charge is -2.32.